The third kappa shape index (κ3) is 2.41. The van der Waals surface area contributed by atoms with Crippen LogP contribution >= 0.6 is 12.6 Å². The van der Waals surface area contributed by atoms with Crippen molar-refractivity contribution in [2.45, 2.75) is 25.3 Å². The fourth-order valence-electron chi connectivity index (χ4n) is 1.69. The second-order valence-electron chi connectivity index (χ2n) is 3.24. The van der Waals surface area contributed by atoms with Crippen LogP contribution in [-0.2, 0) is 14.3 Å². The van der Waals surface area contributed by atoms with Crippen LogP contribution in [0.25, 0.3) is 0 Å². The molecule has 0 unspecified atom stereocenters. The molecule has 0 N–H and O–H groups in total. The summed E-state index contributed by atoms with van der Waals surface area (Å²) in [6.07, 6.45) is 1.97. The van der Waals surface area contributed by atoms with Gasteiger partial charge < -0.3 is 9.64 Å². The molecule has 0 aromatic carbocycles. The van der Waals surface area contributed by atoms with E-state index < -0.39 is 0 Å². The van der Waals surface area contributed by atoms with E-state index in [1.165, 1.54) is 7.11 Å². The minimum absolute atomic E-state index is 0.00657. The standard InChI is InChI=1S/C9H15NO3S/c1-13-9(12)7-3-2-5-10(7)8(11)4-6-14/h7,14H,2-6H2,1H3/t7-/m0/s1. The van der Waals surface area contributed by atoms with Crippen LogP contribution in [0, 0.1) is 0 Å². The highest BCUT2D eigenvalue weighted by Crippen LogP contribution is 2.19. The van der Waals surface area contributed by atoms with Crippen LogP contribution < -0.4 is 0 Å². The van der Waals surface area contributed by atoms with Gasteiger partial charge in [-0.2, -0.15) is 12.6 Å². The summed E-state index contributed by atoms with van der Waals surface area (Å²) in [4.78, 5) is 24.4. The lowest BCUT2D eigenvalue weighted by atomic mass is 10.2. The molecule has 1 atom stereocenters. The zero-order valence-electron chi connectivity index (χ0n) is 8.23. The lowest BCUT2D eigenvalue weighted by Gasteiger charge is -2.22. The Hall–Kier alpha value is -0.710. The van der Waals surface area contributed by atoms with E-state index in [1.54, 1.807) is 4.90 Å². The summed E-state index contributed by atoms with van der Waals surface area (Å²) >= 11 is 3.99. The van der Waals surface area contributed by atoms with Gasteiger partial charge in [-0.25, -0.2) is 4.79 Å². The molecule has 1 aliphatic heterocycles. The number of likely N-dealkylation sites (tertiary alicyclic amines) is 1. The molecule has 80 valence electrons. The summed E-state index contributed by atoms with van der Waals surface area (Å²) < 4.78 is 4.64. The third-order valence-corrected chi connectivity index (χ3v) is 2.60. The largest absolute Gasteiger partial charge is 0.467 e. The van der Waals surface area contributed by atoms with Crippen molar-refractivity contribution in [3.05, 3.63) is 0 Å². The van der Waals surface area contributed by atoms with Crippen LogP contribution in [-0.4, -0.2) is 42.2 Å². The minimum atomic E-state index is -0.368. The smallest absolute Gasteiger partial charge is 0.328 e. The van der Waals surface area contributed by atoms with Gasteiger partial charge in [0.1, 0.15) is 6.04 Å². The fourth-order valence-corrected chi connectivity index (χ4v) is 1.88. The topological polar surface area (TPSA) is 46.6 Å². The van der Waals surface area contributed by atoms with Gasteiger partial charge in [0.15, 0.2) is 0 Å². The van der Waals surface area contributed by atoms with E-state index >= 15 is 0 Å². The number of rotatable bonds is 3. The van der Waals surface area contributed by atoms with Gasteiger partial charge in [-0.3, -0.25) is 4.79 Å². The van der Waals surface area contributed by atoms with Crippen LogP contribution in [0.3, 0.4) is 0 Å². The highest BCUT2D eigenvalue weighted by Gasteiger charge is 2.34. The molecule has 0 bridgehead atoms. The van der Waals surface area contributed by atoms with Crippen molar-refractivity contribution in [3.8, 4) is 0 Å². The summed E-state index contributed by atoms with van der Waals surface area (Å²) in [6.45, 7) is 0.659. The Bertz CT molecular complexity index is 232. The monoisotopic (exact) mass is 217 g/mol. The number of hydrogen-bond acceptors (Lipinski definition) is 4. The maximum Gasteiger partial charge on any atom is 0.328 e. The number of ether oxygens (including phenoxy) is 1. The molecule has 0 spiro atoms. The van der Waals surface area contributed by atoms with Gasteiger partial charge in [0.25, 0.3) is 0 Å². The molecule has 14 heavy (non-hydrogen) atoms. The van der Waals surface area contributed by atoms with Crippen LogP contribution in [0.2, 0.25) is 0 Å². The molecule has 1 heterocycles. The first-order valence-electron chi connectivity index (χ1n) is 4.69. The maximum absolute atomic E-state index is 11.5. The van der Waals surface area contributed by atoms with Crippen molar-refractivity contribution in [2.24, 2.45) is 0 Å². The van der Waals surface area contributed by atoms with Crippen LogP contribution in [0.15, 0.2) is 0 Å². The number of carbonyl (C=O) groups is 2. The molecule has 0 radical (unpaired) electrons. The lowest BCUT2D eigenvalue weighted by Crippen LogP contribution is -2.41. The minimum Gasteiger partial charge on any atom is -0.467 e. The molecule has 1 fully saturated rings. The van der Waals surface area contributed by atoms with Gasteiger partial charge in [-0.05, 0) is 18.6 Å². The quantitative estimate of drug-likeness (QED) is 0.552. The molecular weight excluding hydrogens is 202 g/mol. The average molecular weight is 217 g/mol. The second-order valence-corrected chi connectivity index (χ2v) is 3.69. The average Bonchev–Trinajstić information content (AvgIpc) is 2.65. The Balaban J connectivity index is 2.59. The number of nitrogens with zero attached hydrogens (tertiary/aromatic N) is 1. The van der Waals surface area contributed by atoms with Crippen LogP contribution in [0.4, 0.5) is 0 Å². The number of esters is 1. The van der Waals surface area contributed by atoms with E-state index in [0.29, 0.717) is 25.1 Å². The van der Waals surface area contributed by atoms with Crippen LogP contribution in [0.1, 0.15) is 19.3 Å². The van der Waals surface area contributed by atoms with Gasteiger partial charge in [0.2, 0.25) is 5.91 Å². The Morgan fingerprint density at radius 2 is 2.29 bits per heavy atom. The Labute approximate surface area is 89.0 Å². The van der Waals surface area contributed by atoms with E-state index in [2.05, 4.69) is 17.4 Å². The molecule has 1 rings (SSSR count). The van der Waals surface area contributed by atoms with Gasteiger partial charge in [-0.15, -0.1) is 0 Å². The summed E-state index contributed by atoms with van der Waals surface area (Å²) in [5.74, 6) is 0.200. The van der Waals surface area contributed by atoms with Crippen molar-refractivity contribution in [1.82, 2.24) is 4.90 Å². The number of hydrogen-bond donors (Lipinski definition) is 1. The molecule has 1 amide bonds. The third-order valence-electron chi connectivity index (χ3n) is 2.37. The van der Waals surface area contributed by atoms with E-state index in [-0.39, 0.29) is 17.9 Å². The van der Waals surface area contributed by atoms with Gasteiger partial charge in [-0.1, -0.05) is 0 Å². The summed E-state index contributed by atoms with van der Waals surface area (Å²) in [5, 5.41) is 0. The highest BCUT2D eigenvalue weighted by atomic mass is 32.1. The van der Waals surface area contributed by atoms with Crippen molar-refractivity contribution >= 4 is 24.5 Å². The van der Waals surface area contributed by atoms with Crippen molar-refractivity contribution in [3.63, 3.8) is 0 Å². The number of carbonyl (C=O) groups excluding carboxylic acids is 2. The lowest BCUT2D eigenvalue weighted by molar-refractivity contribution is -0.150. The predicted octanol–water partition coefficient (Wildman–Crippen LogP) is 0.470. The zero-order valence-corrected chi connectivity index (χ0v) is 9.13. The van der Waals surface area contributed by atoms with Crippen molar-refractivity contribution in [2.75, 3.05) is 19.4 Å². The molecule has 0 saturated carbocycles. The first kappa shape index (κ1) is 11.4. The predicted molar refractivity (Wildman–Crippen MR) is 55.2 cm³/mol. The Kier molecular flexibility index (Phi) is 4.25. The first-order chi connectivity index (χ1) is 6.70. The molecule has 5 heteroatoms. The van der Waals surface area contributed by atoms with E-state index in [4.69, 9.17) is 0 Å². The summed E-state index contributed by atoms with van der Waals surface area (Å²) in [7, 11) is 1.35. The number of methoxy groups -OCH3 is 1. The van der Waals surface area contributed by atoms with E-state index in [9.17, 15) is 9.59 Å². The molecule has 0 aliphatic carbocycles. The first-order valence-corrected chi connectivity index (χ1v) is 5.32. The molecule has 1 aliphatic rings. The second kappa shape index (κ2) is 5.24. The molecule has 4 nitrogen and oxygen atoms in total. The maximum atomic E-state index is 11.5. The molecule has 1 saturated heterocycles. The van der Waals surface area contributed by atoms with Gasteiger partial charge in [0.05, 0.1) is 7.11 Å². The fraction of sp³-hybridized carbons (Fsp3) is 0.778. The van der Waals surface area contributed by atoms with Crippen molar-refractivity contribution in [1.29, 1.82) is 0 Å². The highest BCUT2D eigenvalue weighted by molar-refractivity contribution is 7.80. The number of thiol groups is 1. The van der Waals surface area contributed by atoms with E-state index in [0.717, 1.165) is 6.42 Å². The Morgan fingerprint density at radius 3 is 2.86 bits per heavy atom. The Morgan fingerprint density at radius 1 is 1.57 bits per heavy atom. The molecule has 0 aromatic heterocycles. The summed E-state index contributed by atoms with van der Waals surface area (Å²) in [6, 6.07) is -0.368. The zero-order chi connectivity index (χ0) is 10.6. The van der Waals surface area contributed by atoms with Gasteiger partial charge >= 0.3 is 5.97 Å². The summed E-state index contributed by atoms with van der Waals surface area (Å²) in [5.41, 5.74) is 0. The SMILES string of the molecule is COC(=O)[C@@H]1CCCN1C(=O)CCS. The number of amides is 1. The van der Waals surface area contributed by atoms with Crippen molar-refractivity contribution < 1.29 is 14.3 Å². The molecule has 0 aromatic rings. The molecular formula is C9H15NO3S. The van der Waals surface area contributed by atoms with Gasteiger partial charge in [0, 0.05) is 13.0 Å². The van der Waals surface area contributed by atoms with E-state index in [1.807, 2.05) is 0 Å². The normalized spacial score (nSPS) is 21.0. The van der Waals surface area contributed by atoms with Crippen LogP contribution in [0.5, 0.6) is 0 Å².